The summed E-state index contributed by atoms with van der Waals surface area (Å²) in [7, 11) is 0. The van der Waals surface area contributed by atoms with Gasteiger partial charge in [-0.15, -0.1) is 0 Å². The number of hydrogen-bond donors (Lipinski definition) is 1. The van der Waals surface area contributed by atoms with Crippen molar-refractivity contribution in [3.8, 4) is 5.75 Å². The molecule has 1 saturated heterocycles. The Bertz CT molecular complexity index is 588. The third-order valence-corrected chi connectivity index (χ3v) is 5.65. The summed E-state index contributed by atoms with van der Waals surface area (Å²) in [6.45, 7) is 7.88. The number of para-hydroxylation sites is 2. The number of amides is 1. The monoisotopic (exact) mass is 418 g/mol. The number of ether oxygens (including phenoxy) is 2. The van der Waals surface area contributed by atoms with Crippen molar-refractivity contribution >= 4 is 11.8 Å². The molecule has 0 saturated carbocycles. The van der Waals surface area contributed by atoms with Gasteiger partial charge in [-0.05, 0) is 51.4 Å². The van der Waals surface area contributed by atoms with Gasteiger partial charge < -0.3 is 9.47 Å². The maximum Gasteiger partial charge on any atom is 0.412 e. The summed E-state index contributed by atoms with van der Waals surface area (Å²) in [5.41, 5.74) is 0.673. The number of hydrogen-bond acceptors (Lipinski definition) is 4. The highest BCUT2D eigenvalue weighted by atomic mass is 16.6. The Labute approximate surface area is 183 Å². The number of likely N-dealkylation sites (tertiary alicyclic amines) is 1. The predicted molar refractivity (Wildman–Crippen MR) is 124 cm³/mol. The molecule has 170 valence electrons. The van der Waals surface area contributed by atoms with Gasteiger partial charge in [0.1, 0.15) is 11.9 Å². The summed E-state index contributed by atoms with van der Waals surface area (Å²) in [6.07, 6.45) is 13.4. The lowest BCUT2D eigenvalue weighted by Gasteiger charge is -2.28. The van der Waals surface area contributed by atoms with Gasteiger partial charge in [0, 0.05) is 6.54 Å². The molecular weight excluding hydrogens is 376 g/mol. The highest BCUT2D eigenvalue weighted by Crippen LogP contribution is 2.24. The summed E-state index contributed by atoms with van der Waals surface area (Å²) in [4.78, 5) is 14.7. The van der Waals surface area contributed by atoms with Crippen LogP contribution >= 0.6 is 0 Å². The van der Waals surface area contributed by atoms with Crippen molar-refractivity contribution in [3.63, 3.8) is 0 Å². The lowest BCUT2D eigenvalue weighted by molar-refractivity contribution is 0.0832. The van der Waals surface area contributed by atoms with Crippen LogP contribution in [0.15, 0.2) is 24.3 Å². The second kappa shape index (κ2) is 15.1. The minimum absolute atomic E-state index is 0.131. The van der Waals surface area contributed by atoms with Gasteiger partial charge >= 0.3 is 6.09 Å². The van der Waals surface area contributed by atoms with Crippen LogP contribution in [0.3, 0.4) is 0 Å². The van der Waals surface area contributed by atoms with Gasteiger partial charge in [-0.3, -0.25) is 10.2 Å². The lowest BCUT2D eigenvalue weighted by Crippen LogP contribution is -2.37. The van der Waals surface area contributed by atoms with Crippen LogP contribution in [0.4, 0.5) is 10.5 Å². The highest BCUT2D eigenvalue weighted by molar-refractivity contribution is 5.86. The Hall–Kier alpha value is -1.75. The smallest absolute Gasteiger partial charge is 0.412 e. The fourth-order valence-corrected chi connectivity index (χ4v) is 3.98. The number of nitrogens with one attached hydrogen (secondary N) is 1. The van der Waals surface area contributed by atoms with Crippen LogP contribution in [-0.2, 0) is 4.74 Å². The molecule has 1 atom stereocenters. The third kappa shape index (κ3) is 10.3. The van der Waals surface area contributed by atoms with Crippen LogP contribution in [0.5, 0.6) is 5.75 Å². The molecule has 2 rings (SSSR count). The van der Waals surface area contributed by atoms with E-state index < -0.39 is 6.09 Å². The molecule has 5 nitrogen and oxygen atoms in total. The molecule has 1 aliphatic heterocycles. The quantitative estimate of drug-likeness (QED) is 0.345. The van der Waals surface area contributed by atoms with E-state index in [1.807, 2.05) is 31.2 Å². The summed E-state index contributed by atoms with van der Waals surface area (Å²) in [5.74, 6) is 0.709. The van der Waals surface area contributed by atoms with Gasteiger partial charge in [0.05, 0.1) is 12.3 Å². The van der Waals surface area contributed by atoms with E-state index >= 15 is 0 Å². The number of carbonyl (C=O) groups is 1. The molecule has 1 fully saturated rings. The van der Waals surface area contributed by atoms with Gasteiger partial charge in [-0.2, -0.15) is 0 Å². The molecule has 1 unspecified atom stereocenters. The van der Waals surface area contributed by atoms with Gasteiger partial charge in [-0.1, -0.05) is 70.4 Å². The first kappa shape index (κ1) is 24.5. The fourth-order valence-electron chi connectivity index (χ4n) is 3.98. The Kier molecular flexibility index (Phi) is 12.4. The van der Waals surface area contributed by atoms with Crippen molar-refractivity contribution in [2.75, 3.05) is 31.6 Å². The number of carbonyl (C=O) groups excluding carboxylic acids is 1. The Morgan fingerprint density at radius 2 is 1.67 bits per heavy atom. The third-order valence-electron chi connectivity index (χ3n) is 5.65. The average molecular weight is 419 g/mol. The van der Waals surface area contributed by atoms with Crippen LogP contribution in [0, 0.1) is 0 Å². The van der Waals surface area contributed by atoms with Gasteiger partial charge in [0.2, 0.25) is 0 Å². The molecule has 0 aromatic heterocycles. The van der Waals surface area contributed by atoms with E-state index in [0.717, 1.165) is 26.1 Å². The number of nitrogens with zero attached hydrogens (tertiary/aromatic N) is 1. The average Bonchev–Trinajstić information content (AvgIpc) is 2.74. The first-order valence-corrected chi connectivity index (χ1v) is 12.1. The molecule has 0 bridgehead atoms. The predicted octanol–water partition coefficient (Wildman–Crippen LogP) is 6.63. The van der Waals surface area contributed by atoms with E-state index in [4.69, 9.17) is 9.47 Å². The summed E-state index contributed by atoms with van der Waals surface area (Å²) >= 11 is 0. The van der Waals surface area contributed by atoms with Crippen molar-refractivity contribution in [1.82, 2.24) is 4.90 Å². The molecule has 0 radical (unpaired) electrons. The molecule has 1 heterocycles. The SMILES string of the molecule is CCCCCCCCCCOc1ccccc1NC(=O)OC(C)CN1CCCCC1. The van der Waals surface area contributed by atoms with E-state index in [1.165, 1.54) is 64.2 Å². The topological polar surface area (TPSA) is 50.8 Å². The highest BCUT2D eigenvalue weighted by Gasteiger charge is 2.17. The minimum atomic E-state index is -0.414. The molecule has 0 spiro atoms. The van der Waals surface area contributed by atoms with E-state index in [9.17, 15) is 4.79 Å². The first-order valence-electron chi connectivity index (χ1n) is 12.1. The van der Waals surface area contributed by atoms with Gasteiger partial charge in [-0.25, -0.2) is 4.79 Å². The minimum Gasteiger partial charge on any atom is -0.491 e. The van der Waals surface area contributed by atoms with E-state index in [0.29, 0.717) is 18.0 Å². The number of anilines is 1. The number of benzene rings is 1. The van der Waals surface area contributed by atoms with Crippen molar-refractivity contribution in [2.24, 2.45) is 0 Å². The van der Waals surface area contributed by atoms with Gasteiger partial charge in [0.15, 0.2) is 0 Å². The summed E-state index contributed by atoms with van der Waals surface area (Å²) < 4.78 is 11.5. The molecule has 1 aromatic rings. The largest absolute Gasteiger partial charge is 0.491 e. The van der Waals surface area contributed by atoms with Crippen LogP contribution in [-0.4, -0.2) is 43.3 Å². The second-order valence-corrected chi connectivity index (χ2v) is 8.52. The molecular formula is C25H42N2O3. The zero-order valence-corrected chi connectivity index (χ0v) is 19.2. The molecule has 30 heavy (non-hydrogen) atoms. The number of piperidine rings is 1. The van der Waals surface area contributed by atoms with E-state index in [2.05, 4.69) is 17.1 Å². The standard InChI is InChI=1S/C25H42N2O3/c1-3-4-5-6-7-8-9-15-20-29-24-17-12-11-16-23(24)26-25(28)30-22(2)21-27-18-13-10-14-19-27/h11-12,16-17,22H,3-10,13-15,18-21H2,1-2H3,(H,26,28). The number of rotatable bonds is 14. The Balaban J connectivity index is 1.65. The van der Waals surface area contributed by atoms with Crippen LogP contribution in [0.25, 0.3) is 0 Å². The molecule has 5 heteroatoms. The van der Waals surface area contributed by atoms with Gasteiger partial charge in [0.25, 0.3) is 0 Å². The molecule has 1 aliphatic rings. The molecule has 1 amide bonds. The summed E-state index contributed by atoms with van der Waals surface area (Å²) in [5, 5.41) is 2.85. The maximum absolute atomic E-state index is 12.3. The van der Waals surface area contributed by atoms with Crippen molar-refractivity contribution in [3.05, 3.63) is 24.3 Å². The number of unbranched alkanes of at least 4 members (excludes halogenated alkanes) is 7. The zero-order chi connectivity index (χ0) is 21.4. The maximum atomic E-state index is 12.3. The van der Waals surface area contributed by atoms with Crippen molar-refractivity contribution in [2.45, 2.75) is 90.6 Å². The fraction of sp³-hybridized carbons (Fsp3) is 0.720. The molecule has 0 aliphatic carbocycles. The van der Waals surface area contributed by atoms with Crippen LogP contribution in [0.1, 0.15) is 84.5 Å². The first-order chi connectivity index (χ1) is 14.7. The van der Waals surface area contributed by atoms with E-state index in [1.54, 1.807) is 0 Å². The zero-order valence-electron chi connectivity index (χ0n) is 19.2. The lowest BCUT2D eigenvalue weighted by atomic mass is 10.1. The second-order valence-electron chi connectivity index (χ2n) is 8.52. The Morgan fingerprint density at radius 3 is 2.40 bits per heavy atom. The Morgan fingerprint density at radius 1 is 1.00 bits per heavy atom. The van der Waals surface area contributed by atoms with Crippen molar-refractivity contribution < 1.29 is 14.3 Å². The normalized spacial score (nSPS) is 15.5. The van der Waals surface area contributed by atoms with Crippen LogP contribution in [0.2, 0.25) is 0 Å². The summed E-state index contributed by atoms with van der Waals surface area (Å²) in [6, 6.07) is 7.59. The van der Waals surface area contributed by atoms with Crippen molar-refractivity contribution in [1.29, 1.82) is 0 Å². The van der Waals surface area contributed by atoms with E-state index in [-0.39, 0.29) is 6.10 Å². The molecule has 1 N–H and O–H groups in total. The molecule has 1 aromatic carbocycles. The van der Waals surface area contributed by atoms with Crippen LogP contribution < -0.4 is 10.1 Å².